The predicted molar refractivity (Wildman–Crippen MR) is 80.2 cm³/mol. The second-order valence-corrected chi connectivity index (χ2v) is 5.02. The fourth-order valence-corrected chi connectivity index (χ4v) is 1.98. The van der Waals surface area contributed by atoms with Crippen molar-refractivity contribution in [3.05, 3.63) is 28.2 Å². The van der Waals surface area contributed by atoms with Crippen molar-refractivity contribution >= 4 is 34.5 Å². The van der Waals surface area contributed by atoms with Gasteiger partial charge < -0.3 is 7.80 Å². The molecule has 0 N–H and O–H groups in total. The molecule has 0 aliphatic carbocycles. The monoisotopic (exact) mass is 391 g/mol. The first-order chi connectivity index (χ1) is 9.47. The molecule has 20 heavy (non-hydrogen) atoms. The van der Waals surface area contributed by atoms with Crippen molar-refractivity contribution in [3.8, 4) is 6.01 Å². The largest absolute Gasteiger partial charge is 0.467 e. The molecule has 0 aliphatic rings. The minimum atomic E-state index is -0.553. The predicted octanol–water partition coefficient (Wildman–Crippen LogP) is 1.52. The zero-order chi connectivity index (χ0) is 14.9. The van der Waals surface area contributed by atoms with Gasteiger partial charge in [0.2, 0.25) is 0 Å². The van der Waals surface area contributed by atoms with Crippen molar-refractivity contribution in [1.82, 2.24) is 14.2 Å². The minimum Gasteiger partial charge on any atom is -0.467 e. The number of nitrogens with zero attached hydrogens (tertiary/aromatic N) is 3. The summed E-state index contributed by atoms with van der Waals surface area (Å²) >= 11 is 1.47. The third kappa shape index (κ3) is 2.65. The summed E-state index contributed by atoms with van der Waals surface area (Å²) < 4.78 is 12.3. The highest BCUT2D eigenvalue weighted by molar-refractivity contribution is 14.1. The van der Waals surface area contributed by atoms with Gasteiger partial charge in [-0.25, -0.2) is 9.48 Å². The molecule has 2 heterocycles. The SMILES string of the molecule is COc1nn(CC(=O)OI)c(=O)c2cc(C(C)C)cn12. The molecule has 8 heteroatoms. The average molecular weight is 391 g/mol. The molecule has 2 aromatic rings. The molecule has 7 nitrogen and oxygen atoms in total. The van der Waals surface area contributed by atoms with E-state index in [2.05, 4.69) is 8.16 Å². The number of fused-ring (bicyclic) bond motifs is 1. The second-order valence-electron chi connectivity index (χ2n) is 4.58. The number of halogens is 1. The Morgan fingerprint density at radius 2 is 2.20 bits per heavy atom. The van der Waals surface area contributed by atoms with E-state index in [1.54, 1.807) is 10.5 Å². The molecule has 0 bridgehead atoms. The first kappa shape index (κ1) is 14.8. The fraction of sp³-hybridized carbons (Fsp3) is 0.417. The molecular weight excluding hydrogens is 377 g/mol. The third-order valence-corrected chi connectivity index (χ3v) is 3.41. The van der Waals surface area contributed by atoms with E-state index in [-0.39, 0.29) is 24.0 Å². The number of carbonyl (C=O) groups is 1. The smallest absolute Gasteiger partial charge is 0.337 e. The minimum absolute atomic E-state index is 0.243. The Hall–Kier alpha value is -1.58. The number of ether oxygens (including phenoxy) is 1. The van der Waals surface area contributed by atoms with Gasteiger partial charge in [-0.15, -0.1) is 5.10 Å². The van der Waals surface area contributed by atoms with Crippen LogP contribution in [-0.2, 0) is 14.4 Å². The van der Waals surface area contributed by atoms with E-state index in [0.29, 0.717) is 5.52 Å². The summed E-state index contributed by atoms with van der Waals surface area (Å²) in [5.74, 6) is -0.283. The molecule has 0 saturated carbocycles. The maximum Gasteiger partial charge on any atom is 0.337 e. The van der Waals surface area contributed by atoms with Crippen LogP contribution in [0.5, 0.6) is 6.01 Å². The number of aromatic nitrogens is 3. The summed E-state index contributed by atoms with van der Waals surface area (Å²) in [5.41, 5.74) is 1.05. The number of methoxy groups -OCH3 is 1. The van der Waals surface area contributed by atoms with E-state index in [1.807, 2.05) is 20.0 Å². The molecule has 108 valence electrons. The standard InChI is InChI=1S/C12H14IN3O4/c1-7(2)8-4-9-11(18)16(6-10(17)20-13)14-12(19-3)15(9)5-8/h4-5,7H,6H2,1-3H3. The van der Waals surface area contributed by atoms with Crippen LogP contribution in [0.4, 0.5) is 0 Å². The lowest BCUT2D eigenvalue weighted by Gasteiger charge is -2.07. The normalized spacial score (nSPS) is 11.1. The van der Waals surface area contributed by atoms with Crippen molar-refractivity contribution in [3.63, 3.8) is 0 Å². The van der Waals surface area contributed by atoms with Gasteiger partial charge in [-0.3, -0.25) is 9.20 Å². The molecule has 0 atom stereocenters. The Morgan fingerprint density at radius 3 is 2.75 bits per heavy atom. The van der Waals surface area contributed by atoms with Crippen LogP contribution in [0.2, 0.25) is 0 Å². The van der Waals surface area contributed by atoms with Crippen LogP contribution in [0.25, 0.3) is 5.52 Å². The summed E-state index contributed by atoms with van der Waals surface area (Å²) in [7, 11) is 1.46. The number of hydrogen-bond acceptors (Lipinski definition) is 5. The molecular formula is C12H14IN3O4. The highest BCUT2D eigenvalue weighted by atomic mass is 127. The summed E-state index contributed by atoms with van der Waals surface area (Å²) in [4.78, 5) is 23.6. The molecule has 0 saturated heterocycles. The summed E-state index contributed by atoms with van der Waals surface area (Å²) in [5, 5.41) is 4.02. The van der Waals surface area contributed by atoms with Crippen molar-refractivity contribution in [2.24, 2.45) is 0 Å². The lowest BCUT2D eigenvalue weighted by atomic mass is 10.1. The van der Waals surface area contributed by atoms with Crippen molar-refractivity contribution in [2.75, 3.05) is 7.11 Å². The van der Waals surface area contributed by atoms with E-state index in [1.165, 1.54) is 30.1 Å². The van der Waals surface area contributed by atoms with Crippen LogP contribution in [0.15, 0.2) is 17.1 Å². The van der Waals surface area contributed by atoms with Gasteiger partial charge >= 0.3 is 12.0 Å². The quantitative estimate of drug-likeness (QED) is 0.739. The Kier molecular flexibility index (Phi) is 4.31. The number of rotatable bonds is 4. The highest BCUT2D eigenvalue weighted by Crippen LogP contribution is 2.19. The molecule has 0 aromatic carbocycles. The first-order valence-corrected chi connectivity index (χ1v) is 6.84. The van der Waals surface area contributed by atoms with Crippen LogP contribution < -0.4 is 10.3 Å². The van der Waals surface area contributed by atoms with Crippen LogP contribution in [0.3, 0.4) is 0 Å². The maximum atomic E-state index is 12.3. The average Bonchev–Trinajstić information content (AvgIpc) is 2.87. The fourth-order valence-electron chi connectivity index (χ4n) is 1.84. The van der Waals surface area contributed by atoms with E-state index in [0.717, 1.165) is 10.2 Å². The second kappa shape index (κ2) is 5.81. The summed E-state index contributed by atoms with van der Waals surface area (Å²) in [6.45, 7) is 3.80. The van der Waals surface area contributed by atoms with E-state index >= 15 is 0 Å². The van der Waals surface area contributed by atoms with Crippen molar-refractivity contribution in [2.45, 2.75) is 26.3 Å². The Balaban J connectivity index is 2.65. The van der Waals surface area contributed by atoms with Crippen LogP contribution in [0.1, 0.15) is 25.3 Å². The summed E-state index contributed by atoms with van der Waals surface area (Å²) in [6.07, 6.45) is 1.81. The van der Waals surface area contributed by atoms with Gasteiger partial charge in [-0.1, -0.05) is 13.8 Å². The molecule has 0 unspecified atom stereocenters. The zero-order valence-electron chi connectivity index (χ0n) is 11.3. The van der Waals surface area contributed by atoms with Crippen LogP contribution in [0, 0.1) is 0 Å². The van der Waals surface area contributed by atoms with Crippen LogP contribution >= 0.6 is 23.0 Å². The van der Waals surface area contributed by atoms with Gasteiger partial charge in [0, 0.05) is 6.20 Å². The molecule has 0 amide bonds. The molecule has 2 aromatic heterocycles. The van der Waals surface area contributed by atoms with E-state index in [9.17, 15) is 9.59 Å². The first-order valence-electron chi connectivity index (χ1n) is 5.96. The highest BCUT2D eigenvalue weighted by Gasteiger charge is 2.16. The van der Waals surface area contributed by atoms with Gasteiger partial charge in [0.05, 0.1) is 7.11 Å². The molecule has 0 radical (unpaired) electrons. The van der Waals surface area contributed by atoms with Crippen molar-refractivity contribution < 1.29 is 12.6 Å². The summed E-state index contributed by atoms with van der Waals surface area (Å²) in [6, 6.07) is 2.02. The van der Waals surface area contributed by atoms with E-state index < -0.39 is 5.97 Å². The molecule has 0 spiro atoms. The molecule has 0 fully saturated rings. The molecule has 2 rings (SSSR count). The van der Waals surface area contributed by atoms with Crippen molar-refractivity contribution in [1.29, 1.82) is 0 Å². The van der Waals surface area contributed by atoms with Gasteiger partial charge in [-0.05, 0) is 17.5 Å². The lowest BCUT2D eigenvalue weighted by Crippen LogP contribution is -2.28. The number of carbonyl (C=O) groups excluding carboxylic acids is 1. The van der Waals surface area contributed by atoms with Gasteiger partial charge in [-0.2, -0.15) is 0 Å². The number of hydrogen-bond donors (Lipinski definition) is 0. The lowest BCUT2D eigenvalue weighted by molar-refractivity contribution is -0.132. The Bertz CT molecular complexity index is 705. The van der Waals surface area contributed by atoms with Gasteiger partial charge in [0.15, 0.2) is 23.0 Å². The Morgan fingerprint density at radius 1 is 1.50 bits per heavy atom. The van der Waals surface area contributed by atoms with Gasteiger partial charge in [0.1, 0.15) is 12.1 Å². The Labute approximate surface area is 129 Å². The van der Waals surface area contributed by atoms with E-state index in [4.69, 9.17) is 4.74 Å². The topological polar surface area (TPSA) is 74.8 Å². The zero-order valence-corrected chi connectivity index (χ0v) is 13.4. The van der Waals surface area contributed by atoms with Crippen LogP contribution in [-0.4, -0.2) is 27.3 Å². The molecule has 0 aliphatic heterocycles. The maximum absolute atomic E-state index is 12.3. The van der Waals surface area contributed by atoms with Gasteiger partial charge in [0.25, 0.3) is 5.56 Å². The third-order valence-electron chi connectivity index (χ3n) is 2.92.